The van der Waals surface area contributed by atoms with E-state index in [-0.39, 0.29) is 29.9 Å². The van der Waals surface area contributed by atoms with Crippen LogP contribution in [0.25, 0.3) is 11.1 Å². The lowest BCUT2D eigenvalue weighted by Gasteiger charge is -2.22. The minimum Gasteiger partial charge on any atom is -0.489 e. The third-order valence-electron chi connectivity index (χ3n) is 5.41. The monoisotopic (exact) mass is 493 g/mol. The fourth-order valence-electron chi connectivity index (χ4n) is 3.77. The second kappa shape index (κ2) is 9.09. The highest BCUT2D eigenvalue weighted by Gasteiger charge is 2.31. The van der Waals surface area contributed by atoms with Gasteiger partial charge in [0.1, 0.15) is 18.2 Å². The first-order chi connectivity index (χ1) is 16.0. The van der Waals surface area contributed by atoms with Gasteiger partial charge in [-0.15, -0.1) is 0 Å². The maximum absolute atomic E-state index is 14.2. The first-order valence-electron chi connectivity index (χ1n) is 10.2. The molecule has 1 aliphatic rings. The summed E-state index contributed by atoms with van der Waals surface area (Å²) in [5.74, 6) is -1.47. The van der Waals surface area contributed by atoms with Crippen LogP contribution in [-0.2, 0) is 27.6 Å². The van der Waals surface area contributed by atoms with Crippen molar-refractivity contribution in [3.05, 3.63) is 89.2 Å². The quantitative estimate of drug-likeness (QED) is 0.507. The Bertz CT molecular complexity index is 1320. The Hall–Kier alpha value is -3.40. The zero-order chi connectivity index (χ0) is 24.5. The Labute approximate surface area is 193 Å². The standard InChI is InChI=1S/C24H19F4NO4S/c25-22-9-6-19(24(26,27)28)12-21(22)17-3-1-2-15(10-17)13-33-20-7-4-16(5-8-20)18-11-23(30)29-34(31,32)14-18/h1-10,12,18H,11,13-14H2,(H,29,30). The maximum atomic E-state index is 14.2. The molecule has 0 bridgehead atoms. The molecule has 3 aromatic carbocycles. The number of rotatable bonds is 5. The summed E-state index contributed by atoms with van der Waals surface area (Å²) >= 11 is 0. The van der Waals surface area contributed by atoms with Crippen LogP contribution in [0.2, 0.25) is 0 Å². The molecule has 1 saturated heterocycles. The third-order valence-corrected chi connectivity index (χ3v) is 6.79. The molecule has 5 nitrogen and oxygen atoms in total. The molecule has 0 radical (unpaired) electrons. The first-order valence-corrected chi connectivity index (χ1v) is 11.9. The van der Waals surface area contributed by atoms with E-state index < -0.39 is 39.4 Å². The minimum atomic E-state index is -4.58. The van der Waals surface area contributed by atoms with Gasteiger partial charge in [-0.3, -0.25) is 9.52 Å². The van der Waals surface area contributed by atoms with Crippen molar-refractivity contribution >= 4 is 15.9 Å². The van der Waals surface area contributed by atoms with Crippen molar-refractivity contribution in [3.63, 3.8) is 0 Å². The molecule has 0 saturated carbocycles. The van der Waals surface area contributed by atoms with Crippen LogP contribution in [0.5, 0.6) is 5.75 Å². The number of alkyl halides is 3. The van der Waals surface area contributed by atoms with E-state index in [9.17, 15) is 30.8 Å². The summed E-state index contributed by atoms with van der Waals surface area (Å²) < 4.78 is 84.5. The number of carbonyl (C=O) groups excluding carboxylic acids is 1. The maximum Gasteiger partial charge on any atom is 0.416 e. The number of hydrogen-bond donors (Lipinski definition) is 1. The smallest absolute Gasteiger partial charge is 0.416 e. The van der Waals surface area contributed by atoms with Gasteiger partial charge in [0, 0.05) is 17.9 Å². The number of carbonyl (C=O) groups is 1. The fraction of sp³-hybridized carbons (Fsp3) is 0.208. The summed E-state index contributed by atoms with van der Waals surface area (Å²) in [4.78, 5) is 11.6. The normalized spacial score (nSPS) is 17.8. The van der Waals surface area contributed by atoms with E-state index in [1.807, 2.05) is 4.72 Å². The molecule has 1 unspecified atom stereocenters. The predicted molar refractivity (Wildman–Crippen MR) is 117 cm³/mol. The highest BCUT2D eigenvalue weighted by atomic mass is 32.2. The van der Waals surface area contributed by atoms with Gasteiger partial charge in [-0.1, -0.05) is 30.3 Å². The lowest BCUT2D eigenvalue weighted by molar-refractivity contribution is -0.137. The van der Waals surface area contributed by atoms with E-state index in [0.717, 1.165) is 12.1 Å². The summed E-state index contributed by atoms with van der Waals surface area (Å²) in [5.41, 5.74) is 0.499. The van der Waals surface area contributed by atoms with Crippen molar-refractivity contribution in [2.75, 3.05) is 5.75 Å². The van der Waals surface area contributed by atoms with Gasteiger partial charge in [-0.05, 0) is 53.1 Å². The van der Waals surface area contributed by atoms with Crippen LogP contribution in [0.4, 0.5) is 17.6 Å². The van der Waals surface area contributed by atoms with Gasteiger partial charge in [0.15, 0.2) is 0 Å². The zero-order valence-electron chi connectivity index (χ0n) is 17.6. The molecule has 3 aromatic rings. The van der Waals surface area contributed by atoms with Gasteiger partial charge in [-0.25, -0.2) is 12.8 Å². The number of amides is 1. The summed E-state index contributed by atoms with van der Waals surface area (Å²) in [6, 6.07) is 15.3. The van der Waals surface area contributed by atoms with Crippen LogP contribution in [-0.4, -0.2) is 20.1 Å². The van der Waals surface area contributed by atoms with Gasteiger partial charge in [-0.2, -0.15) is 13.2 Å². The van der Waals surface area contributed by atoms with Crippen LogP contribution in [0.3, 0.4) is 0 Å². The summed E-state index contributed by atoms with van der Waals surface area (Å²) in [6.45, 7) is 0.0774. The number of sulfonamides is 1. The van der Waals surface area contributed by atoms with Crippen LogP contribution in [0.1, 0.15) is 29.0 Å². The highest BCUT2D eigenvalue weighted by molar-refractivity contribution is 7.90. The molecule has 4 rings (SSSR count). The Morgan fingerprint density at radius 3 is 2.41 bits per heavy atom. The minimum absolute atomic E-state index is 0.0678. The molecule has 0 aliphatic carbocycles. The van der Waals surface area contributed by atoms with Crippen LogP contribution >= 0.6 is 0 Å². The second-order valence-corrected chi connectivity index (χ2v) is 9.73. The van der Waals surface area contributed by atoms with E-state index in [2.05, 4.69) is 0 Å². The average Bonchev–Trinajstić information content (AvgIpc) is 2.76. The van der Waals surface area contributed by atoms with Crippen LogP contribution in [0, 0.1) is 5.82 Å². The molecule has 0 aromatic heterocycles. The molecule has 34 heavy (non-hydrogen) atoms. The molecule has 1 N–H and O–H groups in total. The number of benzene rings is 3. The van der Waals surface area contributed by atoms with Crippen molar-refractivity contribution in [1.82, 2.24) is 4.72 Å². The molecule has 1 aliphatic heterocycles. The Kier molecular flexibility index (Phi) is 6.35. The summed E-state index contributed by atoms with van der Waals surface area (Å²) in [5, 5.41) is 0. The molecule has 0 spiro atoms. The van der Waals surface area contributed by atoms with Gasteiger partial charge in [0.05, 0.1) is 11.3 Å². The van der Waals surface area contributed by atoms with E-state index in [4.69, 9.17) is 4.74 Å². The van der Waals surface area contributed by atoms with Crippen LogP contribution in [0.15, 0.2) is 66.7 Å². The Morgan fingerprint density at radius 1 is 1.00 bits per heavy atom. The molecule has 1 atom stereocenters. The van der Waals surface area contributed by atoms with Crippen LogP contribution < -0.4 is 9.46 Å². The second-order valence-electron chi connectivity index (χ2n) is 7.96. The van der Waals surface area contributed by atoms with Gasteiger partial charge >= 0.3 is 6.18 Å². The molecule has 1 fully saturated rings. The van der Waals surface area contributed by atoms with Gasteiger partial charge in [0.2, 0.25) is 15.9 Å². The topological polar surface area (TPSA) is 72.5 Å². The SMILES string of the molecule is O=C1CC(c2ccc(OCc3cccc(-c4cc(C(F)(F)F)ccc4F)c3)cc2)CS(=O)(=O)N1. The largest absolute Gasteiger partial charge is 0.489 e. The predicted octanol–water partition coefficient (Wildman–Crippen LogP) is 5.02. The van der Waals surface area contributed by atoms with Crippen molar-refractivity contribution in [3.8, 4) is 16.9 Å². The highest BCUT2D eigenvalue weighted by Crippen LogP contribution is 2.34. The average molecular weight is 493 g/mol. The molecular formula is C24H19F4NO4S. The molecule has 10 heteroatoms. The van der Waals surface area contributed by atoms with Gasteiger partial charge < -0.3 is 4.74 Å². The number of halogens is 4. The number of nitrogens with one attached hydrogen (secondary N) is 1. The molecule has 1 amide bonds. The van der Waals surface area contributed by atoms with E-state index in [1.165, 1.54) is 6.07 Å². The molecule has 1 heterocycles. The first kappa shape index (κ1) is 23.7. The van der Waals surface area contributed by atoms with Crippen molar-refractivity contribution in [2.24, 2.45) is 0 Å². The molecule has 178 valence electrons. The van der Waals surface area contributed by atoms with Crippen molar-refractivity contribution in [1.29, 1.82) is 0 Å². The van der Waals surface area contributed by atoms with E-state index in [1.54, 1.807) is 42.5 Å². The molecular weight excluding hydrogens is 474 g/mol. The summed E-state index contributed by atoms with van der Waals surface area (Å²) in [6.07, 6.45) is -4.51. The van der Waals surface area contributed by atoms with E-state index >= 15 is 0 Å². The van der Waals surface area contributed by atoms with Crippen molar-refractivity contribution < 1.29 is 35.5 Å². The van der Waals surface area contributed by atoms with Gasteiger partial charge in [0.25, 0.3) is 0 Å². The summed E-state index contributed by atoms with van der Waals surface area (Å²) in [7, 11) is -3.65. The Balaban J connectivity index is 1.46. The van der Waals surface area contributed by atoms with Crippen molar-refractivity contribution in [2.45, 2.75) is 25.1 Å². The zero-order valence-corrected chi connectivity index (χ0v) is 18.4. The lowest BCUT2D eigenvalue weighted by Crippen LogP contribution is -2.40. The number of ether oxygens (including phenoxy) is 1. The lowest BCUT2D eigenvalue weighted by atomic mass is 9.97. The fourth-order valence-corrected chi connectivity index (χ4v) is 5.13. The van der Waals surface area contributed by atoms with E-state index in [0.29, 0.717) is 22.9 Å². The Morgan fingerprint density at radius 2 is 1.74 bits per heavy atom. The third kappa shape index (κ3) is 5.56. The number of hydrogen-bond acceptors (Lipinski definition) is 4.